The predicted octanol–water partition coefficient (Wildman–Crippen LogP) is 5.51. The maximum atomic E-state index is 13.0. The van der Waals surface area contributed by atoms with Gasteiger partial charge in [0.2, 0.25) is 5.95 Å². The van der Waals surface area contributed by atoms with Gasteiger partial charge in [0.1, 0.15) is 17.4 Å². The molecule has 0 aliphatic carbocycles. The number of nitrogens with zero attached hydrogens (tertiary/aromatic N) is 4. The van der Waals surface area contributed by atoms with E-state index < -0.39 is 26.7 Å². The van der Waals surface area contributed by atoms with E-state index in [1.54, 1.807) is 73.8 Å². The summed E-state index contributed by atoms with van der Waals surface area (Å²) in [7, 11) is -2.73. The second-order valence-corrected chi connectivity index (χ2v) is 13.2. The Morgan fingerprint density at radius 3 is 2.33 bits per heavy atom. The van der Waals surface area contributed by atoms with Crippen molar-refractivity contribution in [2.24, 2.45) is 0 Å². The number of hydrogen-bond acceptors (Lipinski definition) is 13. The summed E-state index contributed by atoms with van der Waals surface area (Å²) in [6, 6.07) is 27.5. The molecule has 3 N–H and O–H groups in total. The molecule has 0 unspecified atom stereocenters. The second kappa shape index (κ2) is 15.6. The first-order chi connectivity index (χ1) is 25.1. The van der Waals surface area contributed by atoms with Gasteiger partial charge in [-0.05, 0) is 64.6 Å². The maximum absolute atomic E-state index is 13.0. The van der Waals surface area contributed by atoms with E-state index in [4.69, 9.17) is 21.1 Å². The van der Waals surface area contributed by atoms with Crippen LogP contribution in [-0.2, 0) is 32.4 Å². The number of amides is 1. The molecule has 15 nitrogen and oxygen atoms in total. The molecule has 0 aliphatic heterocycles. The first kappa shape index (κ1) is 35.3. The molecule has 0 fully saturated rings. The Hall–Kier alpha value is -6.52. The Morgan fingerprint density at radius 2 is 1.60 bits per heavy atom. The van der Waals surface area contributed by atoms with E-state index in [1.807, 2.05) is 0 Å². The van der Waals surface area contributed by atoms with Crippen molar-refractivity contribution in [1.29, 1.82) is 0 Å². The van der Waals surface area contributed by atoms with Crippen LogP contribution in [0.5, 0.6) is 11.6 Å². The fraction of sp³-hybridized carbons (Fsp3) is 0.0857. The lowest BCUT2D eigenvalue weighted by Gasteiger charge is -2.13. The minimum absolute atomic E-state index is 0.0117. The third-order valence-electron chi connectivity index (χ3n) is 7.35. The summed E-state index contributed by atoms with van der Waals surface area (Å²) in [5.41, 5.74) is 2.92. The van der Waals surface area contributed by atoms with Gasteiger partial charge in [0, 0.05) is 12.7 Å². The number of halogens is 1. The van der Waals surface area contributed by atoms with E-state index in [0.29, 0.717) is 33.9 Å². The smallest absolute Gasteiger partial charge is 0.420 e. The van der Waals surface area contributed by atoms with Gasteiger partial charge in [0.25, 0.3) is 15.7 Å². The molecule has 4 aromatic carbocycles. The number of carbonyl (C=O) groups is 2. The van der Waals surface area contributed by atoms with Crippen molar-refractivity contribution >= 4 is 56.5 Å². The van der Waals surface area contributed by atoms with Gasteiger partial charge in [-0.2, -0.15) is 4.98 Å². The Labute approximate surface area is 301 Å². The number of rotatable bonds is 13. The van der Waals surface area contributed by atoms with Crippen LogP contribution in [0.4, 0.5) is 23.1 Å². The van der Waals surface area contributed by atoms with Crippen molar-refractivity contribution < 1.29 is 37.0 Å². The summed E-state index contributed by atoms with van der Waals surface area (Å²) in [5.74, 6) is -0.537. The summed E-state index contributed by atoms with van der Waals surface area (Å²) in [5, 5.41) is 23.8. The van der Waals surface area contributed by atoms with Crippen LogP contribution in [0.1, 0.15) is 21.5 Å². The number of carbonyl (C=O) groups excluding carboxylic acids is 2. The summed E-state index contributed by atoms with van der Waals surface area (Å²) in [6.45, 7) is -0.0330. The minimum atomic E-state index is -4.28. The zero-order chi connectivity index (χ0) is 36.7. The molecule has 0 bridgehead atoms. The number of sulfone groups is 1. The number of ether oxygens (including phenoxy) is 2. The Bertz CT molecular complexity index is 2320. The number of aromatic nitrogens is 4. The molecule has 2 heterocycles. The van der Waals surface area contributed by atoms with Crippen molar-refractivity contribution in [2.75, 3.05) is 17.7 Å². The molecule has 264 valence electrons. The number of anilines is 4. The molecule has 0 aliphatic rings. The topological polar surface area (TPSA) is 202 Å². The largest absolute Gasteiger partial charge is 0.461 e. The third kappa shape index (κ3) is 8.26. The maximum Gasteiger partial charge on any atom is 0.420 e. The molecule has 0 atom stereocenters. The average Bonchev–Trinajstić information content (AvgIpc) is 3.53. The molecule has 52 heavy (non-hydrogen) atoms. The highest BCUT2D eigenvalue weighted by molar-refractivity contribution is 7.91. The van der Waals surface area contributed by atoms with E-state index in [0.717, 1.165) is 0 Å². The van der Waals surface area contributed by atoms with Crippen molar-refractivity contribution in [1.82, 2.24) is 20.4 Å². The molecule has 0 saturated carbocycles. The zero-order valence-electron chi connectivity index (χ0n) is 27.1. The van der Waals surface area contributed by atoms with Gasteiger partial charge >= 0.3 is 16.9 Å². The zero-order valence-corrected chi connectivity index (χ0v) is 28.7. The number of hydrogen-bond donors (Lipinski definition) is 3. The fourth-order valence-electron chi connectivity index (χ4n) is 4.76. The summed E-state index contributed by atoms with van der Waals surface area (Å²) < 4.78 is 41.4. The lowest BCUT2D eigenvalue weighted by molar-refractivity contribution is -0.832. The number of nitrogens with one attached hydrogen (secondary N) is 3. The standard InChI is InChI=1S/C35H28ClN7O8S/c1-37-32(45)27-9-5-6-10-29(27)40-31-28(36)20-38-35(41-31)39-24-15-11-22(12-16-24)19-30(44)49-21-23-13-17-25(18-14-23)50-33-34(43(46)51-42-33)52(47,48)26-7-3-2-4-8-26/h2-18,20H,19,21H2,1H3,(H,37,45)(H2,38,39,40,41). The summed E-state index contributed by atoms with van der Waals surface area (Å²) in [6.07, 6.45) is 1.44. The van der Waals surface area contributed by atoms with Gasteiger partial charge < -0.3 is 30.6 Å². The Kier molecular flexibility index (Phi) is 10.6. The van der Waals surface area contributed by atoms with Gasteiger partial charge in [0.15, 0.2) is 5.82 Å². The van der Waals surface area contributed by atoms with Crippen molar-refractivity contribution in [3.63, 3.8) is 0 Å². The molecule has 1 amide bonds. The van der Waals surface area contributed by atoms with E-state index in [1.165, 1.54) is 42.6 Å². The molecule has 6 rings (SSSR count). The SMILES string of the molecule is CNC(=O)c1ccccc1Nc1nc(Nc2ccc(CC(=O)OCc3ccc(Oc4no[n+]([O-])c4S(=O)(=O)c4ccccc4)cc3)cc2)ncc1Cl. The lowest BCUT2D eigenvalue weighted by atomic mass is 10.1. The van der Waals surface area contributed by atoms with Gasteiger partial charge in [-0.3, -0.25) is 14.2 Å². The van der Waals surface area contributed by atoms with Gasteiger partial charge in [0.05, 0.1) is 33.9 Å². The molecule has 6 aromatic rings. The average molecular weight is 742 g/mol. The number of esters is 1. The highest BCUT2D eigenvalue weighted by atomic mass is 35.5. The van der Waals surface area contributed by atoms with Crippen LogP contribution in [0.2, 0.25) is 5.02 Å². The van der Waals surface area contributed by atoms with Crippen LogP contribution in [0.3, 0.4) is 0 Å². The summed E-state index contributed by atoms with van der Waals surface area (Å²) in [4.78, 5) is 33.2. The molecule has 2 aromatic heterocycles. The van der Waals surface area contributed by atoms with E-state index >= 15 is 0 Å². The normalized spacial score (nSPS) is 11.0. The second-order valence-electron chi connectivity index (χ2n) is 10.9. The van der Waals surface area contributed by atoms with Crippen molar-refractivity contribution in [2.45, 2.75) is 22.9 Å². The van der Waals surface area contributed by atoms with Gasteiger partial charge in [-0.15, -0.1) is 0 Å². The molecule has 0 spiro atoms. The Morgan fingerprint density at radius 1 is 0.904 bits per heavy atom. The quantitative estimate of drug-likeness (QED) is 0.0989. The molecule has 0 saturated heterocycles. The number of benzene rings is 4. The van der Waals surface area contributed by atoms with Crippen LogP contribution < -0.4 is 25.6 Å². The fourth-order valence-corrected chi connectivity index (χ4v) is 6.18. The summed E-state index contributed by atoms with van der Waals surface area (Å²) >= 11 is 6.32. The van der Waals surface area contributed by atoms with Crippen LogP contribution in [0.25, 0.3) is 0 Å². The molecular weight excluding hydrogens is 714 g/mol. The van der Waals surface area contributed by atoms with E-state index in [9.17, 15) is 23.2 Å². The molecule has 0 radical (unpaired) electrons. The van der Waals surface area contributed by atoms with Crippen molar-refractivity contribution in [3.8, 4) is 11.6 Å². The van der Waals surface area contributed by atoms with Crippen LogP contribution in [0.15, 0.2) is 124 Å². The van der Waals surface area contributed by atoms with E-state index in [-0.39, 0.29) is 45.5 Å². The first-order valence-corrected chi connectivity index (χ1v) is 17.3. The van der Waals surface area contributed by atoms with E-state index in [2.05, 4.69) is 35.7 Å². The monoisotopic (exact) mass is 741 g/mol. The predicted molar refractivity (Wildman–Crippen MR) is 187 cm³/mol. The third-order valence-corrected chi connectivity index (χ3v) is 9.35. The first-order valence-electron chi connectivity index (χ1n) is 15.4. The van der Waals surface area contributed by atoms with Gasteiger partial charge in [-0.25, -0.2) is 13.4 Å². The van der Waals surface area contributed by atoms with Crippen LogP contribution in [-0.4, -0.2) is 42.5 Å². The minimum Gasteiger partial charge on any atom is -0.461 e. The number of para-hydroxylation sites is 1. The van der Waals surface area contributed by atoms with Crippen LogP contribution in [0, 0.1) is 5.21 Å². The van der Waals surface area contributed by atoms with Crippen molar-refractivity contribution in [3.05, 3.63) is 136 Å². The highest BCUT2D eigenvalue weighted by Crippen LogP contribution is 2.30. The molecule has 17 heteroatoms. The lowest BCUT2D eigenvalue weighted by Crippen LogP contribution is -2.30. The van der Waals surface area contributed by atoms with Crippen LogP contribution >= 0.6 is 11.6 Å². The highest BCUT2D eigenvalue weighted by Gasteiger charge is 2.36. The molecular formula is C35H28ClN7O8S. The Balaban J connectivity index is 1.01. The van der Waals surface area contributed by atoms with Gasteiger partial charge in [-0.1, -0.05) is 66.2 Å².